The molecule has 1 aromatic rings. The Bertz CT molecular complexity index is 440. The van der Waals surface area contributed by atoms with Gasteiger partial charge >= 0.3 is 0 Å². The Labute approximate surface area is 136 Å². The van der Waals surface area contributed by atoms with Gasteiger partial charge in [0.25, 0.3) is 0 Å². The second-order valence-electron chi connectivity index (χ2n) is 6.26. The van der Waals surface area contributed by atoms with Gasteiger partial charge in [0.1, 0.15) is 0 Å². The average Bonchev–Trinajstić information content (AvgIpc) is 2.45. The Morgan fingerprint density at radius 2 is 2.00 bits per heavy atom. The van der Waals surface area contributed by atoms with E-state index in [1.807, 2.05) is 6.92 Å². The zero-order chi connectivity index (χ0) is 15.3. The van der Waals surface area contributed by atoms with E-state index >= 15 is 0 Å². The normalized spacial score (nSPS) is 20.4. The summed E-state index contributed by atoms with van der Waals surface area (Å²) >= 11 is 3.66. The van der Waals surface area contributed by atoms with Crippen molar-refractivity contribution in [3.63, 3.8) is 0 Å². The molecular formula is C17H27BrN2O. The smallest absolute Gasteiger partial charge is 0.0644 e. The highest BCUT2D eigenvalue weighted by atomic mass is 79.9. The first kappa shape index (κ1) is 16.9. The summed E-state index contributed by atoms with van der Waals surface area (Å²) in [5.74, 6) is 0. The van der Waals surface area contributed by atoms with E-state index in [0.29, 0.717) is 6.04 Å². The van der Waals surface area contributed by atoms with Crippen LogP contribution in [0.15, 0.2) is 28.7 Å². The van der Waals surface area contributed by atoms with Crippen molar-refractivity contribution < 1.29 is 5.11 Å². The van der Waals surface area contributed by atoms with E-state index in [4.69, 9.17) is 0 Å². The fourth-order valence-electron chi connectivity index (χ4n) is 2.94. The van der Waals surface area contributed by atoms with Crippen molar-refractivity contribution in [2.45, 2.75) is 44.8 Å². The lowest BCUT2D eigenvalue weighted by Gasteiger charge is -2.36. The second-order valence-corrected chi connectivity index (χ2v) is 7.11. The van der Waals surface area contributed by atoms with E-state index in [1.165, 1.54) is 10.0 Å². The number of aliphatic hydroxyl groups is 1. The Balaban J connectivity index is 1.91. The zero-order valence-electron chi connectivity index (χ0n) is 13.1. The number of benzene rings is 1. The highest BCUT2D eigenvalue weighted by Crippen LogP contribution is 2.27. The molecule has 0 spiro atoms. The van der Waals surface area contributed by atoms with Crippen LogP contribution in [0.4, 0.5) is 0 Å². The molecule has 1 atom stereocenters. The molecule has 1 heterocycles. The first-order valence-corrected chi connectivity index (χ1v) is 8.73. The minimum Gasteiger partial charge on any atom is -0.390 e. The summed E-state index contributed by atoms with van der Waals surface area (Å²) in [6.07, 6.45) is 2.86. The van der Waals surface area contributed by atoms with Crippen molar-refractivity contribution in [3.8, 4) is 0 Å². The molecule has 118 valence electrons. The summed E-state index contributed by atoms with van der Waals surface area (Å²) in [5, 5.41) is 13.6. The summed E-state index contributed by atoms with van der Waals surface area (Å²) in [6, 6.07) is 8.84. The third-order valence-corrected chi connectivity index (χ3v) is 5.12. The van der Waals surface area contributed by atoms with Crippen molar-refractivity contribution >= 4 is 15.9 Å². The molecule has 0 bridgehead atoms. The van der Waals surface area contributed by atoms with Crippen LogP contribution in [0.3, 0.4) is 0 Å². The van der Waals surface area contributed by atoms with Crippen LogP contribution in [0.25, 0.3) is 0 Å². The highest BCUT2D eigenvalue weighted by molar-refractivity contribution is 9.10. The van der Waals surface area contributed by atoms with Crippen LogP contribution in [-0.2, 0) is 0 Å². The molecule has 0 saturated carbocycles. The Morgan fingerprint density at radius 3 is 2.62 bits per heavy atom. The molecule has 0 amide bonds. The fraction of sp³-hybridized carbons (Fsp3) is 0.647. The Morgan fingerprint density at radius 1 is 1.33 bits per heavy atom. The Kier molecular flexibility index (Phi) is 6.23. The molecule has 1 aliphatic rings. The van der Waals surface area contributed by atoms with Crippen LogP contribution in [-0.4, -0.2) is 41.8 Å². The van der Waals surface area contributed by atoms with Crippen molar-refractivity contribution in [3.05, 3.63) is 34.3 Å². The zero-order valence-corrected chi connectivity index (χ0v) is 14.7. The van der Waals surface area contributed by atoms with Crippen molar-refractivity contribution in [1.82, 2.24) is 10.2 Å². The van der Waals surface area contributed by atoms with Gasteiger partial charge in [-0.1, -0.05) is 41.1 Å². The van der Waals surface area contributed by atoms with Gasteiger partial charge in [0, 0.05) is 23.6 Å². The molecule has 4 heteroatoms. The molecule has 1 unspecified atom stereocenters. The maximum atomic E-state index is 10.0. The van der Waals surface area contributed by atoms with Crippen LogP contribution in [0.1, 0.15) is 44.7 Å². The molecule has 2 N–H and O–H groups in total. The van der Waals surface area contributed by atoms with Gasteiger partial charge < -0.3 is 15.3 Å². The number of nitrogens with zero attached hydrogens (tertiary/aromatic N) is 1. The molecule has 3 nitrogen and oxygen atoms in total. The first-order chi connectivity index (χ1) is 10.0. The number of rotatable bonds is 6. The van der Waals surface area contributed by atoms with Crippen LogP contribution in [0.5, 0.6) is 0 Å². The summed E-state index contributed by atoms with van der Waals surface area (Å²) in [4.78, 5) is 2.47. The molecule has 1 aliphatic heterocycles. The number of nitrogens with one attached hydrogen (secondary N) is 1. The quantitative estimate of drug-likeness (QED) is 0.822. The van der Waals surface area contributed by atoms with Crippen LogP contribution in [0.2, 0.25) is 0 Å². The number of likely N-dealkylation sites (tertiary alicyclic amines) is 1. The van der Waals surface area contributed by atoms with E-state index in [9.17, 15) is 5.11 Å². The predicted molar refractivity (Wildman–Crippen MR) is 91.5 cm³/mol. The maximum Gasteiger partial charge on any atom is 0.0644 e. The van der Waals surface area contributed by atoms with Gasteiger partial charge in [-0.2, -0.15) is 0 Å². The minimum atomic E-state index is -0.458. The van der Waals surface area contributed by atoms with E-state index in [1.54, 1.807) is 0 Å². The lowest BCUT2D eigenvalue weighted by atomic mass is 9.93. The Hall–Kier alpha value is -0.420. The van der Waals surface area contributed by atoms with E-state index in [2.05, 4.69) is 57.3 Å². The largest absolute Gasteiger partial charge is 0.390 e. The third kappa shape index (κ3) is 5.06. The lowest BCUT2D eigenvalue weighted by Crippen LogP contribution is -2.43. The van der Waals surface area contributed by atoms with E-state index < -0.39 is 5.60 Å². The van der Waals surface area contributed by atoms with Crippen molar-refractivity contribution in [1.29, 1.82) is 0 Å². The fourth-order valence-corrected chi connectivity index (χ4v) is 3.50. The van der Waals surface area contributed by atoms with Gasteiger partial charge in [-0.25, -0.2) is 0 Å². The van der Waals surface area contributed by atoms with Gasteiger partial charge in [0.2, 0.25) is 0 Å². The number of hydrogen-bond donors (Lipinski definition) is 2. The SMILES string of the molecule is CCNC(CCN1CCC(C)(O)CC1)c1ccccc1Br. The molecule has 2 rings (SSSR count). The van der Waals surface area contributed by atoms with Crippen LogP contribution in [0, 0.1) is 0 Å². The van der Waals surface area contributed by atoms with Gasteiger partial charge in [-0.15, -0.1) is 0 Å². The topological polar surface area (TPSA) is 35.5 Å². The molecule has 21 heavy (non-hydrogen) atoms. The summed E-state index contributed by atoms with van der Waals surface area (Å²) in [5.41, 5.74) is 0.878. The summed E-state index contributed by atoms with van der Waals surface area (Å²) in [6.45, 7) is 8.16. The van der Waals surface area contributed by atoms with Gasteiger partial charge in [-0.3, -0.25) is 0 Å². The number of hydrogen-bond acceptors (Lipinski definition) is 3. The van der Waals surface area contributed by atoms with Gasteiger partial charge in [-0.05, 0) is 50.9 Å². The third-order valence-electron chi connectivity index (χ3n) is 4.40. The van der Waals surface area contributed by atoms with Gasteiger partial charge in [0.15, 0.2) is 0 Å². The van der Waals surface area contributed by atoms with E-state index in [-0.39, 0.29) is 0 Å². The lowest BCUT2D eigenvalue weighted by molar-refractivity contribution is -0.00596. The van der Waals surface area contributed by atoms with Crippen molar-refractivity contribution in [2.24, 2.45) is 0 Å². The monoisotopic (exact) mass is 354 g/mol. The van der Waals surface area contributed by atoms with Gasteiger partial charge in [0.05, 0.1) is 5.60 Å². The molecule has 1 aromatic carbocycles. The molecular weight excluding hydrogens is 328 g/mol. The molecule has 1 fully saturated rings. The molecule has 0 aliphatic carbocycles. The molecule has 0 radical (unpaired) electrons. The predicted octanol–water partition coefficient (Wildman–Crippen LogP) is 3.34. The van der Waals surface area contributed by atoms with Crippen LogP contribution >= 0.6 is 15.9 Å². The maximum absolute atomic E-state index is 10.0. The number of halogens is 1. The average molecular weight is 355 g/mol. The highest BCUT2D eigenvalue weighted by Gasteiger charge is 2.27. The summed E-state index contributed by atoms with van der Waals surface area (Å²) < 4.78 is 1.18. The minimum absolute atomic E-state index is 0.382. The second kappa shape index (κ2) is 7.73. The van der Waals surface area contributed by atoms with E-state index in [0.717, 1.165) is 45.4 Å². The number of piperidine rings is 1. The van der Waals surface area contributed by atoms with Crippen molar-refractivity contribution in [2.75, 3.05) is 26.2 Å². The standard InChI is InChI=1S/C17H27BrN2O/c1-3-19-16(14-6-4-5-7-15(14)18)8-11-20-12-9-17(2,21)10-13-20/h4-7,16,19,21H,3,8-13H2,1-2H3. The molecule has 0 aromatic heterocycles. The molecule has 1 saturated heterocycles. The first-order valence-electron chi connectivity index (χ1n) is 7.94. The summed E-state index contributed by atoms with van der Waals surface area (Å²) in [7, 11) is 0. The van der Waals surface area contributed by atoms with Crippen LogP contribution < -0.4 is 5.32 Å².